The molecular weight excluding hydrogens is 264 g/mol. The monoisotopic (exact) mass is 286 g/mol. The molecule has 114 valence electrons. The Kier molecular flexibility index (Phi) is 6.27. The predicted molar refractivity (Wildman–Crippen MR) is 71.3 cm³/mol. The Morgan fingerprint density at radius 3 is 2.70 bits per heavy atom. The average Bonchev–Trinajstić information content (AvgIpc) is 2.82. The quantitative estimate of drug-likeness (QED) is 0.734. The van der Waals surface area contributed by atoms with E-state index in [0.717, 1.165) is 6.42 Å². The van der Waals surface area contributed by atoms with Crippen LogP contribution in [0.4, 0.5) is 4.79 Å². The van der Waals surface area contributed by atoms with Crippen molar-refractivity contribution >= 4 is 18.0 Å². The van der Waals surface area contributed by atoms with Crippen molar-refractivity contribution < 1.29 is 24.2 Å². The first-order valence-corrected chi connectivity index (χ1v) is 6.84. The lowest BCUT2D eigenvalue weighted by Crippen LogP contribution is -2.45. The minimum absolute atomic E-state index is 0.0303. The third-order valence-corrected chi connectivity index (χ3v) is 3.32. The van der Waals surface area contributed by atoms with Gasteiger partial charge in [-0.3, -0.25) is 9.59 Å². The van der Waals surface area contributed by atoms with E-state index < -0.39 is 5.97 Å². The van der Waals surface area contributed by atoms with Crippen LogP contribution in [-0.2, 0) is 14.3 Å². The number of nitrogens with zero attached hydrogens (tertiary/aromatic N) is 2. The Morgan fingerprint density at radius 2 is 2.10 bits per heavy atom. The maximum atomic E-state index is 12.2. The summed E-state index contributed by atoms with van der Waals surface area (Å²) in [5, 5.41) is 8.83. The fourth-order valence-corrected chi connectivity index (χ4v) is 2.31. The van der Waals surface area contributed by atoms with Gasteiger partial charge in [0.05, 0.1) is 19.4 Å². The van der Waals surface area contributed by atoms with E-state index >= 15 is 0 Å². The summed E-state index contributed by atoms with van der Waals surface area (Å²) in [7, 11) is 1.61. The highest BCUT2D eigenvalue weighted by Gasteiger charge is 2.32. The van der Waals surface area contributed by atoms with E-state index in [1.54, 1.807) is 18.9 Å². The van der Waals surface area contributed by atoms with Gasteiger partial charge in [-0.15, -0.1) is 0 Å². The van der Waals surface area contributed by atoms with E-state index in [-0.39, 0.29) is 37.4 Å². The van der Waals surface area contributed by atoms with Crippen LogP contribution < -0.4 is 0 Å². The van der Waals surface area contributed by atoms with Crippen LogP contribution in [0.15, 0.2) is 0 Å². The van der Waals surface area contributed by atoms with Crippen LogP contribution in [0.3, 0.4) is 0 Å². The van der Waals surface area contributed by atoms with Gasteiger partial charge in [0.25, 0.3) is 0 Å². The van der Waals surface area contributed by atoms with Gasteiger partial charge in [-0.2, -0.15) is 0 Å². The number of hydrogen-bond acceptors (Lipinski definition) is 4. The number of hydrogen-bond donors (Lipinski definition) is 1. The molecule has 7 nitrogen and oxygen atoms in total. The lowest BCUT2D eigenvalue weighted by molar-refractivity contribution is -0.143. The van der Waals surface area contributed by atoms with Crippen LogP contribution in [0.5, 0.6) is 0 Å². The van der Waals surface area contributed by atoms with E-state index in [1.807, 2.05) is 0 Å². The largest absolute Gasteiger partial charge is 0.481 e. The maximum Gasteiger partial charge on any atom is 0.320 e. The number of carboxylic acids is 1. The highest BCUT2D eigenvalue weighted by molar-refractivity contribution is 5.77. The average molecular weight is 286 g/mol. The second-order valence-corrected chi connectivity index (χ2v) is 4.85. The van der Waals surface area contributed by atoms with Crippen molar-refractivity contribution in [1.29, 1.82) is 0 Å². The minimum Gasteiger partial charge on any atom is -0.481 e. The van der Waals surface area contributed by atoms with Crippen molar-refractivity contribution in [2.45, 2.75) is 38.6 Å². The van der Waals surface area contributed by atoms with Crippen molar-refractivity contribution in [2.75, 3.05) is 26.7 Å². The molecule has 0 aliphatic carbocycles. The number of aliphatic carboxylic acids is 1. The highest BCUT2D eigenvalue weighted by Crippen LogP contribution is 2.21. The fraction of sp³-hybridized carbons (Fsp3) is 0.769. The summed E-state index contributed by atoms with van der Waals surface area (Å²) in [5.41, 5.74) is 0. The second-order valence-electron chi connectivity index (χ2n) is 4.85. The summed E-state index contributed by atoms with van der Waals surface area (Å²) in [6.07, 6.45) is 1.64. The summed E-state index contributed by atoms with van der Waals surface area (Å²) in [6.45, 7) is 2.89. The molecule has 1 N–H and O–H groups in total. The number of esters is 1. The van der Waals surface area contributed by atoms with Gasteiger partial charge in [-0.05, 0) is 19.8 Å². The van der Waals surface area contributed by atoms with Crippen molar-refractivity contribution in [3.63, 3.8) is 0 Å². The SMILES string of the molecule is CCOC(=O)CCN(C)C(=O)N1CCCC1CC(=O)O. The van der Waals surface area contributed by atoms with Crippen LogP contribution >= 0.6 is 0 Å². The summed E-state index contributed by atoms with van der Waals surface area (Å²) in [5.74, 6) is -1.24. The van der Waals surface area contributed by atoms with E-state index in [0.29, 0.717) is 19.6 Å². The molecule has 0 bridgehead atoms. The zero-order valence-electron chi connectivity index (χ0n) is 12.0. The van der Waals surface area contributed by atoms with Gasteiger partial charge in [0.1, 0.15) is 0 Å². The number of carbonyl (C=O) groups is 3. The van der Waals surface area contributed by atoms with E-state index in [2.05, 4.69) is 0 Å². The lowest BCUT2D eigenvalue weighted by Gasteiger charge is -2.28. The minimum atomic E-state index is -0.899. The molecule has 0 radical (unpaired) electrons. The number of ether oxygens (including phenoxy) is 1. The highest BCUT2D eigenvalue weighted by atomic mass is 16.5. The zero-order chi connectivity index (χ0) is 15.1. The van der Waals surface area contributed by atoms with Gasteiger partial charge < -0.3 is 19.6 Å². The molecule has 1 saturated heterocycles. The molecule has 7 heteroatoms. The molecule has 1 aliphatic rings. The molecule has 0 aromatic rings. The Hall–Kier alpha value is -1.79. The molecule has 1 unspecified atom stereocenters. The number of carboxylic acid groups (broad SMARTS) is 1. The summed E-state index contributed by atoms with van der Waals surface area (Å²) in [4.78, 5) is 37.3. The Labute approximate surface area is 118 Å². The molecule has 1 heterocycles. The van der Waals surface area contributed by atoms with Crippen molar-refractivity contribution in [3.05, 3.63) is 0 Å². The predicted octanol–water partition coefficient (Wildman–Crippen LogP) is 0.931. The van der Waals surface area contributed by atoms with Crippen LogP contribution in [0, 0.1) is 0 Å². The first-order chi connectivity index (χ1) is 9.45. The number of likely N-dealkylation sites (tertiary alicyclic amines) is 1. The lowest BCUT2D eigenvalue weighted by atomic mass is 10.1. The molecule has 1 rings (SSSR count). The molecule has 0 spiro atoms. The van der Waals surface area contributed by atoms with Crippen LogP contribution in [0.1, 0.15) is 32.6 Å². The number of amides is 2. The second kappa shape index (κ2) is 7.72. The van der Waals surface area contributed by atoms with Gasteiger partial charge >= 0.3 is 18.0 Å². The van der Waals surface area contributed by atoms with Gasteiger partial charge in [0.15, 0.2) is 0 Å². The van der Waals surface area contributed by atoms with Crippen molar-refractivity contribution in [2.24, 2.45) is 0 Å². The third kappa shape index (κ3) is 4.71. The molecule has 2 amide bonds. The maximum absolute atomic E-state index is 12.2. The molecule has 1 aliphatic heterocycles. The van der Waals surface area contributed by atoms with Gasteiger partial charge in [0.2, 0.25) is 0 Å². The molecule has 0 aromatic carbocycles. The molecule has 1 fully saturated rings. The Bertz CT molecular complexity index is 372. The van der Waals surface area contributed by atoms with Gasteiger partial charge in [-0.25, -0.2) is 4.79 Å². The topological polar surface area (TPSA) is 87.2 Å². The molecule has 20 heavy (non-hydrogen) atoms. The zero-order valence-corrected chi connectivity index (χ0v) is 12.0. The Morgan fingerprint density at radius 1 is 1.40 bits per heavy atom. The summed E-state index contributed by atoms with van der Waals surface area (Å²) >= 11 is 0. The first kappa shape index (κ1) is 16.3. The van der Waals surface area contributed by atoms with Crippen molar-refractivity contribution in [3.8, 4) is 0 Å². The van der Waals surface area contributed by atoms with E-state index in [4.69, 9.17) is 9.84 Å². The van der Waals surface area contributed by atoms with Gasteiger partial charge in [-0.1, -0.05) is 0 Å². The normalized spacial score (nSPS) is 17.9. The van der Waals surface area contributed by atoms with E-state index in [1.165, 1.54) is 4.90 Å². The molecule has 0 aromatic heterocycles. The summed E-state index contributed by atoms with van der Waals surface area (Å²) < 4.78 is 4.80. The number of carbonyl (C=O) groups excluding carboxylic acids is 2. The van der Waals surface area contributed by atoms with Gasteiger partial charge in [0, 0.05) is 26.2 Å². The Balaban J connectivity index is 2.46. The standard InChI is InChI=1S/C13H22N2O5/c1-3-20-12(18)6-8-14(2)13(19)15-7-4-5-10(15)9-11(16)17/h10H,3-9H2,1-2H3,(H,16,17). The molecule has 0 saturated carbocycles. The van der Waals surface area contributed by atoms with Crippen LogP contribution in [0.2, 0.25) is 0 Å². The third-order valence-electron chi connectivity index (χ3n) is 3.32. The smallest absolute Gasteiger partial charge is 0.320 e. The van der Waals surface area contributed by atoms with Crippen LogP contribution in [-0.4, -0.2) is 65.7 Å². The summed E-state index contributed by atoms with van der Waals surface area (Å²) in [6, 6.07) is -0.469. The van der Waals surface area contributed by atoms with Crippen molar-refractivity contribution in [1.82, 2.24) is 9.80 Å². The molecular formula is C13H22N2O5. The number of rotatable bonds is 6. The molecule has 1 atom stereocenters. The van der Waals surface area contributed by atoms with Crippen LogP contribution in [0.25, 0.3) is 0 Å². The van der Waals surface area contributed by atoms with E-state index in [9.17, 15) is 14.4 Å². The first-order valence-electron chi connectivity index (χ1n) is 6.84. The fourth-order valence-electron chi connectivity index (χ4n) is 2.31. The number of urea groups is 1.